The summed E-state index contributed by atoms with van der Waals surface area (Å²) in [6.07, 6.45) is 5.39. The van der Waals surface area contributed by atoms with E-state index in [1.54, 1.807) is 12.4 Å². The van der Waals surface area contributed by atoms with E-state index in [1.165, 1.54) is 5.56 Å². The molecule has 1 aromatic rings. The molecule has 0 bridgehead atoms. The van der Waals surface area contributed by atoms with Crippen LogP contribution in [0.25, 0.3) is 0 Å². The summed E-state index contributed by atoms with van der Waals surface area (Å²) in [7, 11) is 0. The van der Waals surface area contributed by atoms with Gasteiger partial charge in [0.25, 0.3) is 0 Å². The molecule has 0 unspecified atom stereocenters. The van der Waals surface area contributed by atoms with Crippen molar-refractivity contribution in [1.29, 1.82) is 0 Å². The second-order valence-electron chi connectivity index (χ2n) is 4.82. The molecule has 1 atom stereocenters. The predicted octanol–water partition coefficient (Wildman–Crippen LogP) is 1.44. The van der Waals surface area contributed by atoms with Crippen LogP contribution in [0.5, 0.6) is 0 Å². The summed E-state index contributed by atoms with van der Waals surface area (Å²) in [4.78, 5) is 17.8. The lowest BCUT2D eigenvalue weighted by Crippen LogP contribution is -2.43. The van der Waals surface area contributed by atoms with Crippen molar-refractivity contribution < 1.29 is 9.53 Å². The molecule has 2 amide bonds. The highest BCUT2D eigenvalue weighted by Crippen LogP contribution is 2.05. The maximum absolute atomic E-state index is 12.0. The topological polar surface area (TPSA) is 54.5 Å². The van der Waals surface area contributed by atoms with Crippen molar-refractivity contribution in [2.75, 3.05) is 26.2 Å². The van der Waals surface area contributed by atoms with Crippen LogP contribution in [0, 0.1) is 0 Å². The molecule has 1 N–H and O–H groups in total. The largest absolute Gasteiger partial charge is 0.377 e. The highest BCUT2D eigenvalue weighted by Gasteiger charge is 2.19. The minimum atomic E-state index is 0.00593. The molecule has 0 spiro atoms. The minimum absolute atomic E-state index is 0.00593. The van der Waals surface area contributed by atoms with Crippen molar-refractivity contribution in [1.82, 2.24) is 15.2 Å². The molecule has 5 heteroatoms. The summed E-state index contributed by atoms with van der Waals surface area (Å²) >= 11 is 0. The smallest absolute Gasteiger partial charge is 0.317 e. The molecule has 5 nitrogen and oxygen atoms in total. The second-order valence-corrected chi connectivity index (χ2v) is 4.82. The fraction of sp³-hybridized carbons (Fsp3) is 0.571. The van der Waals surface area contributed by atoms with E-state index in [2.05, 4.69) is 10.3 Å². The van der Waals surface area contributed by atoms with E-state index in [0.29, 0.717) is 13.1 Å². The Bertz CT molecular complexity index is 397. The highest BCUT2D eigenvalue weighted by molar-refractivity contribution is 5.74. The van der Waals surface area contributed by atoms with E-state index in [9.17, 15) is 4.79 Å². The summed E-state index contributed by atoms with van der Waals surface area (Å²) in [6.45, 7) is 4.83. The third-order valence-electron chi connectivity index (χ3n) is 3.18. The fourth-order valence-corrected chi connectivity index (χ4v) is 2.15. The number of rotatable bonds is 3. The van der Waals surface area contributed by atoms with Gasteiger partial charge >= 0.3 is 6.03 Å². The van der Waals surface area contributed by atoms with Crippen molar-refractivity contribution >= 4 is 6.03 Å². The molecule has 2 rings (SSSR count). The highest BCUT2D eigenvalue weighted by atomic mass is 16.5. The van der Waals surface area contributed by atoms with E-state index >= 15 is 0 Å². The molecular weight excluding hydrogens is 242 g/mol. The lowest BCUT2D eigenvalue weighted by molar-refractivity contribution is 0.0711. The van der Waals surface area contributed by atoms with Crippen LogP contribution < -0.4 is 5.32 Å². The number of nitrogens with one attached hydrogen (secondary N) is 1. The fourth-order valence-electron chi connectivity index (χ4n) is 2.15. The number of ether oxygens (including phenoxy) is 1. The van der Waals surface area contributed by atoms with E-state index < -0.39 is 0 Å². The minimum Gasteiger partial charge on any atom is -0.377 e. The van der Waals surface area contributed by atoms with Crippen LogP contribution >= 0.6 is 0 Å². The van der Waals surface area contributed by atoms with Crippen LogP contribution in [0.4, 0.5) is 4.79 Å². The Morgan fingerprint density at radius 3 is 3.11 bits per heavy atom. The van der Waals surface area contributed by atoms with Crippen molar-refractivity contribution in [3.05, 3.63) is 30.1 Å². The molecule has 0 aliphatic carbocycles. The Kier molecular flexibility index (Phi) is 5.15. The molecule has 19 heavy (non-hydrogen) atoms. The van der Waals surface area contributed by atoms with Gasteiger partial charge in [0.15, 0.2) is 0 Å². The van der Waals surface area contributed by atoms with Gasteiger partial charge in [-0.2, -0.15) is 0 Å². The summed E-state index contributed by atoms with van der Waals surface area (Å²) in [5.41, 5.74) is 1.18. The van der Waals surface area contributed by atoms with Crippen LogP contribution in [0.2, 0.25) is 0 Å². The van der Waals surface area contributed by atoms with Crippen molar-refractivity contribution in [2.24, 2.45) is 0 Å². The average Bonchev–Trinajstić information content (AvgIpc) is 2.64. The molecule has 1 aromatic heterocycles. The second kappa shape index (κ2) is 7.09. The molecule has 1 aliphatic rings. The van der Waals surface area contributed by atoms with Gasteiger partial charge in [0, 0.05) is 38.6 Å². The third kappa shape index (κ3) is 4.52. The lowest BCUT2D eigenvalue weighted by Gasteiger charge is -2.22. The van der Waals surface area contributed by atoms with E-state index in [1.807, 2.05) is 24.0 Å². The zero-order chi connectivity index (χ0) is 13.5. The quantitative estimate of drug-likeness (QED) is 0.898. The van der Waals surface area contributed by atoms with Gasteiger partial charge in [0.2, 0.25) is 0 Å². The summed E-state index contributed by atoms with van der Waals surface area (Å²) in [5, 5.41) is 2.96. The lowest BCUT2D eigenvalue weighted by atomic mass is 10.2. The summed E-state index contributed by atoms with van der Waals surface area (Å²) in [5.74, 6) is 0. The molecule has 1 aliphatic heterocycles. The van der Waals surface area contributed by atoms with Crippen molar-refractivity contribution in [3.8, 4) is 0 Å². The Labute approximate surface area is 114 Å². The average molecular weight is 263 g/mol. The first-order chi connectivity index (χ1) is 9.25. The third-order valence-corrected chi connectivity index (χ3v) is 3.18. The predicted molar refractivity (Wildman–Crippen MR) is 72.9 cm³/mol. The van der Waals surface area contributed by atoms with Gasteiger partial charge in [-0.3, -0.25) is 4.98 Å². The van der Waals surface area contributed by atoms with Gasteiger partial charge in [0.1, 0.15) is 0 Å². The van der Waals surface area contributed by atoms with E-state index in [-0.39, 0.29) is 12.1 Å². The number of aromatic nitrogens is 1. The first-order valence-corrected chi connectivity index (χ1v) is 6.79. The van der Waals surface area contributed by atoms with Crippen LogP contribution in [0.3, 0.4) is 0 Å². The Balaban J connectivity index is 1.74. The van der Waals surface area contributed by atoms with Crippen molar-refractivity contribution in [3.63, 3.8) is 0 Å². The van der Waals surface area contributed by atoms with Crippen molar-refractivity contribution in [2.45, 2.75) is 25.9 Å². The number of nitrogens with zero attached hydrogens (tertiary/aromatic N) is 2. The SMILES string of the molecule is C[C@H]1CN(C(=O)NCCc2ccncc2)CCCO1. The maximum atomic E-state index is 12.0. The molecular formula is C14H21N3O2. The van der Waals surface area contributed by atoms with Gasteiger partial charge in [-0.25, -0.2) is 4.79 Å². The van der Waals surface area contributed by atoms with Crippen LogP contribution in [-0.4, -0.2) is 48.3 Å². The Hall–Kier alpha value is -1.62. The van der Waals surface area contributed by atoms with Crippen LogP contribution in [0.15, 0.2) is 24.5 Å². The van der Waals surface area contributed by atoms with Gasteiger partial charge in [0.05, 0.1) is 6.10 Å². The molecule has 2 heterocycles. The Morgan fingerprint density at radius 2 is 2.32 bits per heavy atom. The van der Waals surface area contributed by atoms with Gasteiger partial charge in [-0.1, -0.05) is 0 Å². The van der Waals surface area contributed by atoms with Crippen LogP contribution in [0.1, 0.15) is 18.9 Å². The Morgan fingerprint density at radius 1 is 1.53 bits per heavy atom. The van der Waals surface area contributed by atoms with Crippen LogP contribution in [-0.2, 0) is 11.2 Å². The summed E-state index contributed by atoms with van der Waals surface area (Å²) in [6, 6.07) is 3.94. The number of carbonyl (C=O) groups excluding carboxylic acids is 1. The van der Waals surface area contributed by atoms with Gasteiger partial charge in [-0.15, -0.1) is 0 Å². The zero-order valence-electron chi connectivity index (χ0n) is 11.3. The number of urea groups is 1. The molecule has 1 fully saturated rings. The summed E-state index contributed by atoms with van der Waals surface area (Å²) < 4.78 is 5.53. The van der Waals surface area contributed by atoms with E-state index in [0.717, 1.165) is 26.0 Å². The first-order valence-electron chi connectivity index (χ1n) is 6.79. The maximum Gasteiger partial charge on any atom is 0.317 e. The molecule has 0 saturated carbocycles. The number of carbonyl (C=O) groups is 1. The van der Waals surface area contributed by atoms with E-state index in [4.69, 9.17) is 4.74 Å². The number of hydrogen-bond donors (Lipinski definition) is 1. The molecule has 1 saturated heterocycles. The molecule has 104 valence electrons. The number of pyridine rings is 1. The normalized spacial score (nSPS) is 19.8. The van der Waals surface area contributed by atoms with Gasteiger partial charge in [-0.05, 0) is 37.5 Å². The number of hydrogen-bond acceptors (Lipinski definition) is 3. The molecule has 0 radical (unpaired) electrons. The first kappa shape index (κ1) is 13.8. The number of amides is 2. The monoisotopic (exact) mass is 263 g/mol. The standard InChI is InChI=1S/C14H21N3O2/c1-12-11-17(9-2-10-19-12)14(18)16-8-5-13-3-6-15-7-4-13/h3-4,6-7,12H,2,5,8-11H2,1H3,(H,16,18)/t12-/m0/s1. The zero-order valence-corrected chi connectivity index (χ0v) is 11.3. The van der Waals surface area contributed by atoms with Gasteiger partial charge < -0.3 is 15.0 Å². The molecule has 0 aromatic carbocycles.